The number of aryl methyl sites for hydroxylation is 1. The molecule has 0 aliphatic heterocycles. The first-order chi connectivity index (χ1) is 8.79. The van der Waals surface area contributed by atoms with Gasteiger partial charge in [0.05, 0.1) is 6.07 Å². The highest BCUT2D eigenvalue weighted by Gasteiger charge is 2.19. The van der Waals surface area contributed by atoms with Crippen molar-refractivity contribution in [3.05, 3.63) is 29.6 Å². The minimum absolute atomic E-state index is 0.297. The first-order valence-corrected chi connectivity index (χ1v) is 6.82. The Morgan fingerprint density at radius 1 is 1.39 bits per heavy atom. The van der Waals surface area contributed by atoms with Crippen molar-refractivity contribution >= 4 is 0 Å². The molecule has 1 saturated carbocycles. The fourth-order valence-corrected chi connectivity index (χ4v) is 2.62. The molecule has 0 unspecified atom stereocenters. The number of nitrogens with one attached hydrogen (secondary N) is 1. The fourth-order valence-electron chi connectivity index (χ4n) is 2.62. The van der Waals surface area contributed by atoms with Gasteiger partial charge in [0.1, 0.15) is 0 Å². The Hall–Kier alpha value is -1.40. The number of hydrogen-bond donors (Lipinski definition) is 1. The molecule has 1 aromatic rings. The van der Waals surface area contributed by atoms with Gasteiger partial charge in [0.15, 0.2) is 0 Å². The summed E-state index contributed by atoms with van der Waals surface area (Å²) in [6.07, 6.45) is 9.26. The van der Waals surface area contributed by atoms with Crippen LogP contribution in [-0.2, 0) is 6.42 Å². The minimum Gasteiger partial charge on any atom is -0.314 e. The van der Waals surface area contributed by atoms with Crippen LogP contribution in [0.4, 0.5) is 0 Å². The van der Waals surface area contributed by atoms with E-state index in [-0.39, 0.29) is 0 Å². The summed E-state index contributed by atoms with van der Waals surface area (Å²) in [5.41, 5.74) is 2.65. The lowest BCUT2D eigenvalue weighted by Crippen LogP contribution is -2.34. The molecular weight excluding hydrogens is 222 g/mol. The average molecular weight is 243 g/mol. The topological polar surface area (TPSA) is 48.7 Å². The predicted octanol–water partition coefficient (Wildman–Crippen LogP) is 2.60. The summed E-state index contributed by atoms with van der Waals surface area (Å²) in [4.78, 5) is 4.11. The minimum atomic E-state index is 0.297. The average Bonchev–Trinajstić information content (AvgIpc) is 2.42. The van der Waals surface area contributed by atoms with Crippen molar-refractivity contribution in [2.24, 2.45) is 5.92 Å². The summed E-state index contributed by atoms with van der Waals surface area (Å²) < 4.78 is 0. The van der Waals surface area contributed by atoms with Gasteiger partial charge in [0, 0.05) is 24.4 Å². The zero-order valence-corrected chi connectivity index (χ0v) is 11.0. The Morgan fingerprint density at radius 2 is 2.17 bits per heavy atom. The number of pyridine rings is 1. The molecule has 1 fully saturated rings. The van der Waals surface area contributed by atoms with Crippen LogP contribution < -0.4 is 5.32 Å². The monoisotopic (exact) mass is 243 g/mol. The van der Waals surface area contributed by atoms with E-state index in [2.05, 4.69) is 29.4 Å². The second-order valence-electron chi connectivity index (χ2n) is 5.18. The van der Waals surface area contributed by atoms with Crippen molar-refractivity contribution in [2.75, 3.05) is 6.54 Å². The van der Waals surface area contributed by atoms with Gasteiger partial charge in [0.25, 0.3) is 0 Å². The molecule has 1 N–H and O–H groups in total. The van der Waals surface area contributed by atoms with Crippen LogP contribution in [0.1, 0.15) is 36.8 Å². The van der Waals surface area contributed by atoms with Gasteiger partial charge in [-0.05, 0) is 62.8 Å². The first-order valence-electron chi connectivity index (χ1n) is 6.82. The molecule has 1 heterocycles. The summed E-state index contributed by atoms with van der Waals surface area (Å²) in [7, 11) is 0. The van der Waals surface area contributed by atoms with Crippen molar-refractivity contribution < 1.29 is 0 Å². The number of aromatic nitrogens is 1. The maximum Gasteiger partial charge on any atom is 0.0655 e. The van der Waals surface area contributed by atoms with E-state index < -0.39 is 0 Å². The van der Waals surface area contributed by atoms with E-state index in [0.29, 0.717) is 12.0 Å². The maximum absolute atomic E-state index is 8.86. The molecule has 96 valence electrons. The van der Waals surface area contributed by atoms with Crippen molar-refractivity contribution in [1.82, 2.24) is 10.3 Å². The molecule has 0 atom stereocenters. The van der Waals surface area contributed by atoms with Gasteiger partial charge in [-0.25, -0.2) is 0 Å². The molecule has 1 aliphatic carbocycles. The zero-order chi connectivity index (χ0) is 12.8. The van der Waals surface area contributed by atoms with Gasteiger partial charge in [-0.15, -0.1) is 0 Å². The van der Waals surface area contributed by atoms with Crippen molar-refractivity contribution in [3.8, 4) is 6.07 Å². The normalized spacial score (nSPS) is 23.6. The van der Waals surface area contributed by atoms with Crippen LogP contribution in [0.3, 0.4) is 0 Å². The van der Waals surface area contributed by atoms with Crippen LogP contribution in [0.2, 0.25) is 0 Å². The Kier molecular flexibility index (Phi) is 4.72. The molecule has 0 bridgehead atoms. The van der Waals surface area contributed by atoms with Crippen LogP contribution in [0.15, 0.2) is 18.5 Å². The summed E-state index contributed by atoms with van der Waals surface area (Å²) in [6.45, 7) is 3.13. The van der Waals surface area contributed by atoms with E-state index in [1.165, 1.54) is 11.1 Å². The third-order valence-electron chi connectivity index (χ3n) is 3.87. The Morgan fingerprint density at radius 3 is 2.83 bits per heavy atom. The largest absolute Gasteiger partial charge is 0.314 e. The molecule has 2 rings (SSSR count). The molecule has 0 spiro atoms. The second-order valence-corrected chi connectivity index (χ2v) is 5.18. The fraction of sp³-hybridized carbons (Fsp3) is 0.600. The molecule has 1 aromatic heterocycles. The third-order valence-corrected chi connectivity index (χ3v) is 3.87. The highest BCUT2D eigenvalue weighted by atomic mass is 14.9. The lowest BCUT2D eigenvalue weighted by Gasteiger charge is -2.25. The molecular formula is C15H21N3. The van der Waals surface area contributed by atoms with Gasteiger partial charge < -0.3 is 5.32 Å². The Balaban J connectivity index is 1.71. The van der Waals surface area contributed by atoms with Gasteiger partial charge >= 0.3 is 0 Å². The van der Waals surface area contributed by atoms with Gasteiger partial charge in [-0.3, -0.25) is 4.98 Å². The predicted molar refractivity (Wildman–Crippen MR) is 72.0 cm³/mol. The Labute approximate surface area is 109 Å². The van der Waals surface area contributed by atoms with E-state index >= 15 is 0 Å². The molecule has 0 amide bonds. The number of nitriles is 1. The molecule has 0 radical (unpaired) electrons. The molecule has 1 aliphatic rings. The van der Waals surface area contributed by atoms with Crippen molar-refractivity contribution in [2.45, 2.75) is 45.1 Å². The second kappa shape index (κ2) is 6.51. The van der Waals surface area contributed by atoms with Crippen LogP contribution in [0.25, 0.3) is 0 Å². The van der Waals surface area contributed by atoms with E-state index in [9.17, 15) is 0 Å². The Bertz CT molecular complexity index is 414. The highest BCUT2D eigenvalue weighted by molar-refractivity contribution is 5.21. The van der Waals surface area contributed by atoms with Gasteiger partial charge in [0.2, 0.25) is 0 Å². The quantitative estimate of drug-likeness (QED) is 0.884. The third kappa shape index (κ3) is 3.54. The van der Waals surface area contributed by atoms with Crippen LogP contribution in [0.5, 0.6) is 0 Å². The molecule has 0 aromatic carbocycles. The van der Waals surface area contributed by atoms with Crippen LogP contribution in [-0.4, -0.2) is 17.6 Å². The molecule has 0 saturated heterocycles. The standard InChI is InChI=1S/C15H21N3/c1-12-11-17-8-6-14(12)7-9-18-15-4-2-13(10-16)3-5-15/h6,8,11,13,15,18H,2-5,7,9H2,1H3. The smallest absolute Gasteiger partial charge is 0.0655 e. The highest BCUT2D eigenvalue weighted by Crippen LogP contribution is 2.23. The van der Waals surface area contributed by atoms with Gasteiger partial charge in [-0.1, -0.05) is 0 Å². The van der Waals surface area contributed by atoms with Crippen LogP contribution in [0, 0.1) is 24.2 Å². The van der Waals surface area contributed by atoms with Crippen molar-refractivity contribution in [3.63, 3.8) is 0 Å². The maximum atomic E-state index is 8.86. The molecule has 3 heteroatoms. The summed E-state index contributed by atoms with van der Waals surface area (Å²) in [5.74, 6) is 0.297. The van der Waals surface area contributed by atoms with E-state index in [1.54, 1.807) is 0 Å². The molecule has 18 heavy (non-hydrogen) atoms. The number of hydrogen-bond acceptors (Lipinski definition) is 3. The summed E-state index contributed by atoms with van der Waals surface area (Å²) >= 11 is 0. The summed E-state index contributed by atoms with van der Waals surface area (Å²) in [6, 6.07) is 5.09. The number of rotatable bonds is 4. The van der Waals surface area contributed by atoms with Crippen molar-refractivity contribution in [1.29, 1.82) is 5.26 Å². The molecule has 3 nitrogen and oxygen atoms in total. The van der Waals surface area contributed by atoms with Gasteiger partial charge in [-0.2, -0.15) is 5.26 Å². The van der Waals surface area contributed by atoms with E-state index in [1.807, 2.05) is 12.4 Å². The first kappa shape index (κ1) is 13.0. The van der Waals surface area contributed by atoms with E-state index in [4.69, 9.17) is 5.26 Å². The lowest BCUT2D eigenvalue weighted by molar-refractivity contribution is 0.334. The number of nitrogens with zero attached hydrogens (tertiary/aromatic N) is 2. The van der Waals surface area contributed by atoms with E-state index in [0.717, 1.165) is 38.6 Å². The zero-order valence-electron chi connectivity index (χ0n) is 11.0. The van der Waals surface area contributed by atoms with Crippen LogP contribution >= 0.6 is 0 Å². The SMILES string of the molecule is Cc1cnccc1CCNC1CCC(C#N)CC1. The lowest BCUT2D eigenvalue weighted by atomic mass is 9.87. The summed E-state index contributed by atoms with van der Waals surface area (Å²) in [5, 5.41) is 12.5.